The van der Waals surface area contributed by atoms with Crippen LogP contribution in [0, 0.1) is 19.7 Å². The van der Waals surface area contributed by atoms with E-state index in [4.69, 9.17) is 0 Å². The van der Waals surface area contributed by atoms with E-state index in [0.717, 1.165) is 0 Å². The van der Waals surface area contributed by atoms with Crippen molar-refractivity contribution in [1.82, 2.24) is 19.6 Å². The highest BCUT2D eigenvalue weighted by molar-refractivity contribution is 5.78. The Morgan fingerprint density at radius 3 is 1.41 bits per heavy atom. The molecule has 3 unspecified atom stereocenters. The SMILES string of the molecule is CC(=O)N1C(O)(O)C(O)(O)N(C2C(O)(O)C(c3c(C)c(O)c(F)c(O)c3O)N(C(=O)N(C)C(C)(O)c3c(C)c(C(F)(F)F)c(O)c(C(F)(F)F)c3O)C(O)(O)C2(O)O)C(O)(O)C1(O)O. The number of piperazine rings is 1. The van der Waals surface area contributed by atoms with Crippen LogP contribution in [0.4, 0.5) is 35.5 Å². The quantitative estimate of drug-likeness (QED) is 0.0588. The van der Waals surface area contributed by atoms with E-state index >= 15 is 0 Å². The number of alkyl halides is 6. The number of piperidine rings is 1. The van der Waals surface area contributed by atoms with Crippen LogP contribution in [0.2, 0.25) is 0 Å². The van der Waals surface area contributed by atoms with Crippen LogP contribution >= 0.6 is 0 Å². The van der Waals surface area contributed by atoms with Gasteiger partial charge in [-0.05, 0) is 26.3 Å². The fourth-order valence-corrected chi connectivity index (χ4v) is 7.69. The van der Waals surface area contributed by atoms with Gasteiger partial charge in [0.25, 0.3) is 5.79 Å². The maximum Gasteiger partial charge on any atom is 0.423 e. The molecule has 0 saturated carbocycles. The number of benzene rings is 2. The lowest BCUT2D eigenvalue weighted by Crippen LogP contribution is -2.96. The van der Waals surface area contributed by atoms with Gasteiger partial charge in [-0.3, -0.25) is 14.6 Å². The molecule has 20 N–H and O–H groups in total. The summed E-state index contributed by atoms with van der Waals surface area (Å²) in [6, 6.07) is -11.7. The minimum absolute atomic E-state index is 0.0185. The van der Waals surface area contributed by atoms with E-state index in [2.05, 4.69) is 0 Å². The van der Waals surface area contributed by atoms with Crippen LogP contribution in [0.5, 0.6) is 28.7 Å². The third kappa shape index (κ3) is 6.50. The minimum atomic E-state index is -6.17. The number of likely N-dealkylation sites (tertiary alicyclic amines) is 1. The van der Waals surface area contributed by atoms with Gasteiger partial charge in [0.1, 0.15) is 34.7 Å². The standard InChI is InChI=1S/C31H37F7N4O22/c1-6-9(15(45)18(48)13(32)14(6)44)19-23(51,52)20(42-30(61,62)28(57,58)41(8(3)43)29(59,60)31(42,63)64)24(53,54)27(55,56)40(19)21(49)39(5)22(4,50)10-7(2)11(25(33,34)35)17(47)12(16(10)46)26(36,37)38/h19-20,44-48,50-64H,1-5H3. The molecule has 2 aromatic rings. The second-order valence-corrected chi connectivity index (χ2v) is 14.8. The van der Waals surface area contributed by atoms with Crippen LogP contribution in [-0.4, -0.2) is 188 Å². The molecule has 33 heteroatoms. The molecule has 362 valence electrons. The number of hydrogen-bond acceptors (Lipinski definition) is 23. The van der Waals surface area contributed by atoms with Gasteiger partial charge >= 0.3 is 47.9 Å². The Morgan fingerprint density at radius 2 is 1.02 bits per heavy atom. The minimum Gasteiger partial charge on any atom is -0.507 e. The van der Waals surface area contributed by atoms with Crippen molar-refractivity contribution in [2.24, 2.45) is 0 Å². The second kappa shape index (κ2) is 14.3. The highest BCUT2D eigenvalue weighted by atomic mass is 19.4. The van der Waals surface area contributed by atoms with Crippen molar-refractivity contribution in [3.05, 3.63) is 39.2 Å². The number of carbonyl (C=O) groups excluding carboxylic acids is 2. The fourth-order valence-electron chi connectivity index (χ4n) is 7.69. The zero-order chi connectivity index (χ0) is 50.5. The molecule has 4 rings (SSSR count). The van der Waals surface area contributed by atoms with Gasteiger partial charge in [-0.2, -0.15) is 35.6 Å². The predicted molar refractivity (Wildman–Crippen MR) is 176 cm³/mol. The molecule has 0 aromatic heterocycles. The summed E-state index contributed by atoms with van der Waals surface area (Å²) in [6.07, 6.45) is -12.2. The highest BCUT2D eigenvalue weighted by Crippen LogP contribution is 2.59. The molecule has 64 heavy (non-hydrogen) atoms. The summed E-state index contributed by atoms with van der Waals surface area (Å²) in [5, 5.41) is 220. The molecule has 0 spiro atoms. The van der Waals surface area contributed by atoms with Crippen molar-refractivity contribution in [3.8, 4) is 28.7 Å². The average molecular weight is 951 g/mol. The number of rotatable bonds is 4. The van der Waals surface area contributed by atoms with Crippen LogP contribution in [0.1, 0.15) is 53.3 Å². The zero-order valence-corrected chi connectivity index (χ0v) is 32.4. The molecule has 0 aliphatic carbocycles. The third-order valence-electron chi connectivity index (χ3n) is 10.9. The molecule has 2 aliphatic heterocycles. The van der Waals surface area contributed by atoms with Crippen LogP contribution in [0.3, 0.4) is 0 Å². The van der Waals surface area contributed by atoms with Gasteiger partial charge in [0, 0.05) is 25.1 Å². The molecule has 0 bridgehead atoms. The van der Waals surface area contributed by atoms with Crippen LogP contribution in [0.15, 0.2) is 0 Å². The number of phenols is 5. The Kier molecular flexibility index (Phi) is 11.5. The lowest BCUT2D eigenvalue weighted by Gasteiger charge is -2.67. The van der Waals surface area contributed by atoms with Crippen molar-refractivity contribution < 1.29 is 142 Å². The summed E-state index contributed by atoms with van der Waals surface area (Å²) in [4.78, 5) is 21.4. The lowest BCUT2D eigenvalue weighted by molar-refractivity contribution is -0.623. The number of amides is 3. The van der Waals surface area contributed by atoms with Crippen LogP contribution < -0.4 is 0 Å². The second-order valence-electron chi connectivity index (χ2n) is 14.8. The first-order valence-corrected chi connectivity index (χ1v) is 16.8. The van der Waals surface area contributed by atoms with Crippen molar-refractivity contribution in [2.75, 3.05) is 7.05 Å². The van der Waals surface area contributed by atoms with Crippen LogP contribution in [-0.2, 0) is 22.9 Å². The monoisotopic (exact) mass is 950 g/mol. The molecule has 26 nitrogen and oxygen atoms in total. The molecule has 3 atom stereocenters. The Morgan fingerprint density at radius 1 is 0.609 bits per heavy atom. The average Bonchev–Trinajstić information content (AvgIpc) is 3.07. The maximum atomic E-state index is 14.8. The Bertz CT molecular complexity index is 2200. The molecule has 2 saturated heterocycles. The summed E-state index contributed by atoms with van der Waals surface area (Å²) in [7, 11) is 0.0185. The van der Waals surface area contributed by atoms with E-state index in [1.165, 1.54) is 0 Å². The molecule has 2 aromatic carbocycles. The molecular weight excluding hydrogens is 913 g/mol. The van der Waals surface area contributed by atoms with Gasteiger partial charge in [-0.15, -0.1) is 0 Å². The molecule has 2 heterocycles. The Hall–Kier alpha value is -4.95. The van der Waals surface area contributed by atoms with Gasteiger partial charge in [0.2, 0.25) is 17.5 Å². The first kappa shape index (κ1) is 51.7. The summed E-state index contributed by atoms with van der Waals surface area (Å²) >= 11 is 0. The number of nitrogens with zero attached hydrogens (tertiary/aromatic N) is 4. The number of urea groups is 1. The van der Waals surface area contributed by atoms with Crippen molar-refractivity contribution in [3.63, 3.8) is 0 Å². The first-order valence-electron chi connectivity index (χ1n) is 16.8. The summed E-state index contributed by atoms with van der Waals surface area (Å²) in [6.45, 7) is 0.655. The molecule has 0 radical (unpaired) electrons. The maximum absolute atomic E-state index is 14.8. The summed E-state index contributed by atoms with van der Waals surface area (Å²) in [5.74, 6) is -54.5. The predicted octanol–water partition coefficient (Wildman–Crippen LogP) is -5.63. The van der Waals surface area contributed by atoms with Gasteiger partial charge in [0.15, 0.2) is 23.0 Å². The summed E-state index contributed by atoms with van der Waals surface area (Å²) < 4.78 is 99.5. The zero-order valence-electron chi connectivity index (χ0n) is 32.4. The van der Waals surface area contributed by atoms with E-state index < -0.39 is 171 Å². The lowest BCUT2D eigenvalue weighted by atomic mass is 9.76. The van der Waals surface area contributed by atoms with E-state index in [-0.39, 0.29) is 27.8 Å². The molecule has 2 aliphatic rings. The number of hydrogen-bond donors (Lipinski definition) is 20. The van der Waals surface area contributed by atoms with Crippen molar-refractivity contribution in [2.45, 2.75) is 99.0 Å². The van der Waals surface area contributed by atoms with Gasteiger partial charge in [-0.1, -0.05) is 0 Å². The van der Waals surface area contributed by atoms with E-state index in [1.807, 2.05) is 0 Å². The number of aromatic hydroxyl groups is 5. The van der Waals surface area contributed by atoms with E-state index in [1.54, 1.807) is 0 Å². The smallest absolute Gasteiger partial charge is 0.423 e. The third-order valence-corrected chi connectivity index (χ3v) is 10.9. The molecule has 3 amide bonds. The Labute approximate surface area is 348 Å². The fraction of sp³-hybridized carbons (Fsp3) is 0.548. The van der Waals surface area contributed by atoms with Crippen molar-refractivity contribution in [1.29, 1.82) is 0 Å². The number of phenolic OH excluding ortho intramolecular Hbond substituents is 5. The van der Waals surface area contributed by atoms with Gasteiger partial charge in [-0.25, -0.2) is 9.69 Å². The van der Waals surface area contributed by atoms with Crippen LogP contribution in [0.25, 0.3) is 0 Å². The Balaban J connectivity index is 2.22. The van der Waals surface area contributed by atoms with Crippen molar-refractivity contribution >= 4 is 11.9 Å². The summed E-state index contributed by atoms with van der Waals surface area (Å²) in [5.41, 5.74) is -17.0. The van der Waals surface area contributed by atoms with E-state index in [9.17, 15) is 142 Å². The topological polar surface area (TPSA) is 452 Å². The van der Waals surface area contributed by atoms with E-state index in [0.29, 0.717) is 6.92 Å². The number of halogens is 7. The largest absolute Gasteiger partial charge is 0.507 e. The first-order chi connectivity index (χ1) is 28.1. The number of aliphatic hydroxyl groups is 15. The van der Waals surface area contributed by atoms with Gasteiger partial charge in [0.05, 0.1) is 5.56 Å². The highest BCUT2D eigenvalue weighted by Gasteiger charge is 2.86. The molecular formula is C31H37F7N4O22. The normalized spacial score (nSPS) is 24.5. The molecule has 2 fully saturated rings. The van der Waals surface area contributed by atoms with Gasteiger partial charge < -0.3 is 102 Å². The number of carbonyl (C=O) groups is 2.